The third-order valence-corrected chi connectivity index (χ3v) is 4.01. The molecule has 1 N–H and O–H groups in total. The number of nitrogens with one attached hydrogen (secondary N) is 1. The molecule has 1 heterocycles. The standard InChI is InChI=1S/C16H24N2O.ClH/c1-12(2)18(11-14-7-5-4-6-8-14)16(19)13(3)15-9-17-10-15;/h4-8,12-13,15,17H,9-11H2,1-3H3;1H. The summed E-state index contributed by atoms with van der Waals surface area (Å²) >= 11 is 0. The molecule has 0 aromatic heterocycles. The number of carbonyl (C=O) groups excluding carboxylic acids is 1. The van der Waals surface area contributed by atoms with E-state index >= 15 is 0 Å². The number of benzene rings is 1. The first kappa shape index (κ1) is 17.0. The molecule has 20 heavy (non-hydrogen) atoms. The number of hydrogen-bond donors (Lipinski definition) is 1. The van der Waals surface area contributed by atoms with E-state index < -0.39 is 0 Å². The van der Waals surface area contributed by atoms with E-state index in [1.165, 1.54) is 5.56 Å². The fraction of sp³-hybridized carbons (Fsp3) is 0.562. The third kappa shape index (κ3) is 3.97. The van der Waals surface area contributed by atoms with E-state index in [0.29, 0.717) is 12.5 Å². The Morgan fingerprint density at radius 3 is 2.30 bits per heavy atom. The first-order valence-electron chi connectivity index (χ1n) is 7.14. The number of hydrogen-bond acceptors (Lipinski definition) is 2. The average molecular weight is 297 g/mol. The molecule has 1 aliphatic heterocycles. The second-order valence-electron chi connectivity index (χ2n) is 5.75. The third-order valence-electron chi connectivity index (χ3n) is 4.01. The van der Waals surface area contributed by atoms with Gasteiger partial charge in [0.1, 0.15) is 0 Å². The van der Waals surface area contributed by atoms with Gasteiger partial charge in [0.2, 0.25) is 5.91 Å². The topological polar surface area (TPSA) is 32.3 Å². The van der Waals surface area contributed by atoms with Crippen molar-refractivity contribution in [3.63, 3.8) is 0 Å². The van der Waals surface area contributed by atoms with Crippen LogP contribution in [0.15, 0.2) is 30.3 Å². The average Bonchev–Trinajstić information content (AvgIpc) is 2.34. The summed E-state index contributed by atoms with van der Waals surface area (Å²) in [6.45, 7) is 8.91. The largest absolute Gasteiger partial charge is 0.336 e. The van der Waals surface area contributed by atoms with Gasteiger partial charge in [-0.3, -0.25) is 4.79 Å². The van der Waals surface area contributed by atoms with E-state index in [9.17, 15) is 4.79 Å². The van der Waals surface area contributed by atoms with E-state index in [2.05, 4.69) is 38.2 Å². The lowest BCUT2D eigenvalue weighted by molar-refractivity contribution is -0.139. The lowest BCUT2D eigenvalue weighted by atomic mass is 9.87. The molecule has 0 radical (unpaired) electrons. The summed E-state index contributed by atoms with van der Waals surface area (Å²) in [7, 11) is 0. The van der Waals surface area contributed by atoms with Gasteiger partial charge >= 0.3 is 0 Å². The Kier molecular flexibility index (Phi) is 6.50. The van der Waals surface area contributed by atoms with E-state index in [-0.39, 0.29) is 30.3 Å². The molecule has 1 aromatic rings. The van der Waals surface area contributed by atoms with Gasteiger partial charge in [0.05, 0.1) is 0 Å². The lowest BCUT2D eigenvalue weighted by Crippen LogP contribution is -2.51. The second-order valence-corrected chi connectivity index (χ2v) is 5.75. The minimum Gasteiger partial charge on any atom is -0.336 e. The minimum absolute atomic E-state index is 0. The molecule has 1 amide bonds. The number of rotatable bonds is 5. The maximum absolute atomic E-state index is 12.6. The van der Waals surface area contributed by atoms with E-state index in [1.54, 1.807) is 0 Å². The normalized spacial score (nSPS) is 16.2. The van der Waals surface area contributed by atoms with Crippen LogP contribution in [0, 0.1) is 11.8 Å². The van der Waals surface area contributed by atoms with Gasteiger partial charge in [0.25, 0.3) is 0 Å². The van der Waals surface area contributed by atoms with Crippen LogP contribution < -0.4 is 5.32 Å². The highest BCUT2D eigenvalue weighted by Crippen LogP contribution is 2.21. The predicted molar refractivity (Wildman–Crippen MR) is 84.9 cm³/mol. The molecule has 112 valence electrons. The van der Waals surface area contributed by atoms with Crippen LogP contribution in [0.2, 0.25) is 0 Å². The van der Waals surface area contributed by atoms with Crippen molar-refractivity contribution >= 4 is 18.3 Å². The van der Waals surface area contributed by atoms with Gasteiger partial charge < -0.3 is 10.2 Å². The molecule has 1 fully saturated rings. The van der Waals surface area contributed by atoms with E-state index in [0.717, 1.165) is 13.1 Å². The maximum Gasteiger partial charge on any atom is 0.226 e. The Labute approximate surface area is 128 Å². The molecule has 3 nitrogen and oxygen atoms in total. The van der Waals surface area contributed by atoms with Crippen LogP contribution in [0.25, 0.3) is 0 Å². The molecule has 0 saturated carbocycles. The van der Waals surface area contributed by atoms with Gasteiger partial charge in [-0.1, -0.05) is 37.3 Å². The molecule has 2 rings (SSSR count). The number of carbonyl (C=O) groups is 1. The Morgan fingerprint density at radius 1 is 1.25 bits per heavy atom. The number of halogens is 1. The van der Waals surface area contributed by atoms with E-state index in [4.69, 9.17) is 0 Å². The first-order valence-corrected chi connectivity index (χ1v) is 7.14. The molecular formula is C16H25ClN2O. The molecule has 4 heteroatoms. The minimum atomic E-state index is 0. The summed E-state index contributed by atoms with van der Waals surface area (Å²) in [6.07, 6.45) is 0. The summed E-state index contributed by atoms with van der Waals surface area (Å²) in [5.41, 5.74) is 1.20. The van der Waals surface area contributed by atoms with Crippen molar-refractivity contribution in [3.8, 4) is 0 Å². The van der Waals surface area contributed by atoms with Crippen molar-refractivity contribution in [2.75, 3.05) is 13.1 Å². The van der Waals surface area contributed by atoms with Gasteiger partial charge in [0, 0.05) is 18.5 Å². The highest BCUT2D eigenvalue weighted by Gasteiger charge is 2.32. The Hall–Kier alpha value is -1.06. The smallest absolute Gasteiger partial charge is 0.226 e. The Bertz CT molecular complexity index is 418. The Balaban J connectivity index is 0.00000200. The zero-order chi connectivity index (χ0) is 13.8. The summed E-state index contributed by atoms with van der Waals surface area (Å²) in [5.74, 6) is 0.905. The van der Waals surface area contributed by atoms with Crippen molar-refractivity contribution in [1.82, 2.24) is 10.2 Å². The molecule has 1 atom stereocenters. The highest BCUT2D eigenvalue weighted by molar-refractivity contribution is 5.85. The van der Waals surface area contributed by atoms with Crippen molar-refractivity contribution in [3.05, 3.63) is 35.9 Å². The van der Waals surface area contributed by atoms with Crippen LogP contribution in [0.1, 0.15) is 26.3 Å². The summed E-state index contributed by atoms with van der Waals surface area (Å²) in [5, 5.41) is 3.24. The molecule has 1 saturated heterocycles. The van der Waals surface area contributed by atoms with Crippen molar-refractivity contribution < 1.29 is 4.79 Å². The maximum atomic E-state index is 12.6. The summed E-state index contributed by atoms with van der Waals surface area (Å²) in [6, 6.07) is 10.5. The zero-order valence-corrected chi connectivity index (χ0v) is 13.3. The van der Waals surface area contributed by atoms with Gasteiger partial charge in [-0.05, 0) is 38.4 Å². The Morgan fingerprint density at radius 2 is 1.85 bits per heavy atom. The number of amides is 1. The number of nitrogens with zero attached hydrogens (tertiary/aromatic N) is 1. The fourth-order valence-electron chi connectivity index (χ4n) is 2.42. The van der Waals surface area contributed by atoms with Gasteiger partial charge in [-0.2, -0.15) is 0 Å². The lowest BCUT2D eigenvalue weighted by Gasteiger charge is -2.36. The monoisotopic (exact) mass is 296 g/mol. The molecule has 0 bridgehead atoms. The van der Waals surface area contributed by atoms with Crippen molar-refractivity contribution in [1.29, 1.82) is 0 Å². The van der Waals surface area contributed by atoms with Crippen LogP contribution in [0.5, 0.6) is 0 Å². The highest BCUT2D eigenvalue weighted by atomic mass is 35.5. The molecule has 0 spiro atoms. The quantitative estimate of drug-likeness (QED) is 0.906. The van der Waals surface area contributed by atoms with Crippen LogP contribution in [0.3, 0.4) is 0 Å². The molecule has 1 aliphatic rings. The predicted octanol–water partition coefficient (Wildman–Crippen LogP) is 2.70. The fourth-order valence-corrected chi connectivity index (χ4v) is 2.42. The second kappa shape index (κ2) is 7.65. The molecule has 1 unspecified atom stereocenters. The van der Waals surface area contributed by atoms with Crippen LogP contribution in [0.4, 0.5) is 0 Å². The van der Waals surface area contributed by atoms with Gasteiger partial charge in [0.15, 0.2) is 0 Å². The van der Waals surface area contributed by atoms with Gasteiger partial charge in [-0.25, -0.2) is 0 Å². The van der Waals surface area contributed by atoms with E-state index in [1.807, 2.05) is 23.1 Å². The first-order chi connectivity index (χ1) is 9.09. The van der Waals surface area contributed by atoms with Crippen molar-refractivity contribution in [2.45, 2.75) is 33.4 Å². The SMILES string of the molecule is CC(C(=O)N(Cc1ccccc1)C(C)C)C1CNC1.Cl. The van der Waals surface area contributed by atoms with Crippen LogP contribution in [-0.4, -0.2) is 29.9 Å². The molecule has 1 aromatic carbocycles. The molecule has 0 aliphatic carbocycles. The summed E-state index contributed by atoms with van der Waals surface area (Å²) in [4.78, 5) is 14.6. The zero-order valence-electron chi connectivity index (χ0n) is 12.5. The van der Waals surface area contributed by atoms with Gasteiger partial charge in [-0.15, -0.1) is 12.4 Å². The molecular weight excluding hydrogens is 272 g/mol. The van der Waals surface area contributed by atoms with Crippen LogP contribution >= 0.6 is 12.4 Å². The summed E-state index contributed by atoms with van der Waals surface area (Å²) < 4.78 is 0. The van der Waals surface area contributed by atoms with Crippen LogP contribution in [-0.2, 0) is 11.3 Å². The van der Waals surface area contributed by atoms with Crippen molar-refractivity contribution in [2.24, 2.45) is 11.8 Å².